The Balaban J connectivity index is 1.76. The Morgan fingerprint density at radius 1 is 0.962 bits per heavy atom. The third-order valence-electron chi connectivity index (χ3n) is 4.64. The van der Waals surface area contributed by atoms with Gasteiger partial charge < -0.3 is 0 Å². The van der Waals surface area contributed by atoms with Crippen molar-refractivity contribution in [2.24, 2.45) is 0 Å². The highest BCUT2D eigenvalue weighted by atomic mass is 16.1. The minimum absolute atomic E-state index is 0.189. The summed E-state index contributed by atoms with van der Waals surface area (Å²) >= 11 is 0. The molecule has 2 aromatic carbocycles. The predicted octanol–water partition coefficient (Wildman–Crippen LogP) is 2.95. The van der Waals surface area contributed by atoms with Gasteiger partial charge in [0.05, 0.1) is 12.2 Å². The Morgan fingerprint density at radius 3 is 2.46 bits per heavy atom. The summed E-state index contributed by atoms with van der Waals surface area (Å²) in [5.74, 6) is 0. The monoisotopic (exact) mass is 345 g/mol. The number of rotatable bonds is 3. The number of fused-ring (bicyclic) bond motifs is 1. The number of nitrogens with zero attached hydrogens (tertiary/aromatic N) is 5. The lowest BCUT2D eigenvalue weighted by atomic mass is 10.1. The largest absolute Gasteiger partial charge is 0.293 e. The lowest BCUT2D eigenvalue weighted by Crippen LogP contribution is -2.21. The van der Waals surface area contributed by atoms with Gasteiger partial charge in [0.2, 0.25) is 0 Å². The zero-order chi connectivity index (χ0) is 18.3. The van der Waals surface area contributed by atoms with Crippen molar-refractivity contribution in [1.82, 2.24) is 24.5 Å². The van der Waals surface area contributed by atoms with E-state index in [1.165, 1.54) is 11.1 Å². The van der Waals surface area contributed by atoms with Gasteiger partial charge in [0.25, 0.3) is 5.56 Å². The molecule has 0 aliphatic carbocycles. The van der Waals surface area contributed by atoms with Gasteiger partial charge in [-0.05, 0) is 49.6 Å². The second-order valence-electron chi connectivity index (χ2n) is 6.61. The van der Waals surface area contributed by atoms with Gasteiger partial charge >= 0.3 is 0 Å². The first-order valence-corrected chi connectivity index (χ1v) is 8.47. The van der Waals surface area contributed by atoms with E-state index in [4.69, 9.17) is 0 Å². The summed E-state index contributed by atoms with van der Waals surface area (Å²) in [6.07, 6.45) is 1.56. The smallest absolute Gasteiger partial charge is 0.283 e. The first-order chi connectivity index (χ1) is 12.5. The molecule has 0 unspecified atom stereocenters. The second-order valence-corrected chi connectivity index (χ2v) is 6.61. The van der Waals surface area contributed by atoms with Gasteiger partial charge in [0.1, 0.15) is 6.33 Å². The van der Waals surface area contributed by atoms with E-state index in [0.29, 0.717) is 12.2 Å². The minimum Gasteiger partial charge on any atom is -0.293 e. The van der Waals surface area contributed by atoms with E-state index in [0.717, 1.165) is 16.8 Å². The third kappa shape index (κ3) is 2.79. The first-order valence-electron chi connectivity index (χ1n) is 8.47. The molecule has 26 heavy (non-hydrogen) atoms. The van der Waals surface area contributed by atoms with Crippen molar-refractivity contribution in [3.63, 3.8) is 0 Å². The summed E-state index contributed by atoms with van der Waals surface area (Å²) in [7, 11) is 0. The lowest BCUT2D eigenvalue weighted by Gasteiger charge is -2.07. The summed E-state index contributed by atoms with van der Waals surface area (Å²) in [6.45, 7) is 6.59. The molecule has 0 fully saturated rings. The second kappa shape index (κ2) is 6.22. The van der Waals surface area contributed by atoms with Crippen LogP contribution < -0.4 is 5.56 Å². The molecule has 0 atom stereocenters. The summed E-state index contributed by atoms with van der Waals surface area (Å²) < 4.78 is 3.17. The summed E-state index contributed by atoms with van der Waals surface area (Å²) in [6, 6.07) is 14.1. The molecule has 0 spiro atoms. The van der Waals surface area contributed by atoms with Crippen LogP contribution in [0.15, 0.2) is 53.6 Å². The number of benzene rings is 2. The Hall–Kier alpha value is -3.28. The molecule has 4 aromatic rings. The van der Waals surface area contributed by atoms with Crippen LogP contribution in [0.2, 0.25) is 0 Å². The summed E-state index contributed by atoms with van der Waals surface area (Å²) in [4.78, 5) is 17.2. The average molecular weight is 345 g/mol. The standard InChI is InChI=1S/C20H19N5O/c1-13-4-7-16(8-5-13)11-24-12-21-19-18(20(24)26)22-23-25(19)17-9-6-14(2)15(3)10-17/h4-10,12H,11H2,1-3H3. The zero-order valence-corrected chi connectivity index (χ0v) is 15.0. The van der Waals surface area contributed by atoms with Crippen LogP contribution >= 0.6 is 0 Å². The van der Waals surface area contributed by atoms with Crippen molar-refractivity contribution in [2.45, 2.75) is 27.3 Å². The maximum absolute atomic E-state index is 12.8. The van der Waals surface area contributed by atoms with Gasteiger partial charge in [-0.3, -0.25) is 9.36 Å². The maximum atomic E-state index is 12.8. The summed E-state index contributed by atoms with van der Waals surface area (Å²) in [5.41, 5.74) is 5.98. The van der Waals surface area contributed by atoms with Crippen LogP contribution in [0.5, 0.6) is 0 Å². The minimum atomic E-state index is -0.189. The van der Waals surface area contributed by atoms with E-state index < -0.39 is 0 Å². The van der Waals surface area contributed by atoms with Crippen molar-refractivity contribution < 1.29 is 0 Å². The number of hydrogen-bond acceptors (Lipinski definition) is 4. The molecule has 0 saturated heterocycles. The van der Waals surface area contributed by atoms with E-state index in [2.05, 4.69) is 22.2 Å². The van der Waals surface area contributed by atoms with Crippen LogP contribution in [-0.2, 0) is 6.54 Å². The highest BCUT2D eigenvalue weighted by molar-refractivity contribution is 5.70. The highest BCUT2D eigenvalue weighted by Crippen LogP contribution is 2.16. The molecule has 6 nitrogen and oxygen atoms in total. The molecule has 0 N–H and O–H groups in total. The maximum Gasteiger partial charge on any atom is 0.283 e. The number of aromatic nitrogens is 5. The fraction of sp³-hybridized carbons (Fsp3) is 0.200. The van der Waals surface area contributed by atoms with Gasteiger partial charge in [-0.25, -0.2) is 4.98 Å². The molecular weight excluding hydrogens is 326 g/mol. The van der Waals surface area contributed by atoms with E-state index in [9.17, 15) is 4.79 Å². The molecular formula is C20H19N5O. The predicted molar refractivity (Wildman–Crippen MR) is 101 cm³/mol. The van der Waals surface area contributed by atoms with Gasteiger partial charge in [0.15, 0.2) is 11.2 Å². The van der Waals surface area contributed by atoms with Crippen molar-refractivity contribution in [1.29, 1.82) is 0 Å². The molecule has 2 heterocycles. The molecule has 6 heteroatoms. The molecule has 0 bridgehead atoms. The molecule has 4 rings (SSSR count). The Labute approximate surface area is 150 Å². The fourth-order valence-corrected chi connectivity index (χ4v) is 2.88. The molecule has 2 aromatic heterocycles. The van der Waals surface area contributed by atoms with Crippen molar-refractivity contribution in [3.8, 4) is 5.69 Å². The molecule has 0 aliphatic rings. The van der Waals surface area contributed by atoms with Crippen LogP contribution in [0.25, 0.3) is 16.9 Å². The number of hydrogen-bond donors (Lipinski definition) is 0. The lowest BCUT2D eigenvalue weighted by molar-refractivity contribution is 0.745. The molecule has 0 saturated carbocycles. The molecule has 0 aliphatic heterocycles. The highest BCUT2D eigenvalue weighted by Gasteiger charge is 2.13. The van der Waals surface area contributed by atoms with Gasteiger partial charge in [-0.1, -0.05) is 41.1 Å². The normalized spacial score (nSPS) is 11.2. The first kappa shape index (κ1) is 16.2. The Bertz CT molecular complexity index is 1160. The van der Waals surface area contributed by atoms with E-state index in [1.54, 1.807) is 15.6 Å². The Morgan fingerprint density at radius 2 is 1.73 bits per heavy atom. The molecule has 0 amide bonds. The van der Waals surface area contributed by atoms with Crippen LogP contribution in [0.4, 0.5) is 0 Å². The zero-order valence-electron chi connectivity index (χ0n) is 15.0. The van der Waals surface area contributed by atoms with Crippen molar-refractivity contribution in [3.05, 3.63) is 81.4 Å². The van der Waals surface area contributed by atoms with E-state index in [1.807, 2.05) is 56.3 Å². The van der Waals surface area contributed by atoms with Crippen molar-refractivity contribution >= 4 is 11.2 Å². The van der Waals surface area contributed by atoms with Crippen LogP contribution in [0.3, 0.4) is 0 Å². The molecule has 0 radical (unpaired) electrons. The van der Waals surface area contributed by atoms with Gasteiger partial charge in [0, 0.05) is 0 Å². The van der Waals surface area contributed by atoms with Gasteiger partial charge in [-0.2, -0.15) is 4.68 Å². The van der Waals surface area contributed by atoms with Crippen LogP contribution in [-0.4, -0.2) is 24.5 Å². The van der Waals surface area contributed by atoms with E-state index in [-0.39, 0.29) is 11.1 Å². The van der Waals surface area contributed by atoms with Crippen molar-refractivity contribution in [2.75, 3.05) is 0 Å². The van der Waals surface area contributed by atoms with Crippen LogP contribution in [0.1, 0.15) is 22.3 Å². The van der Waals surface area contributed by atoms with E-state index >= 15 is 0 Å². The quantitative estimate of drug-likeness (QED) is 0.573. The fourth-order valence-electron chi connectivity index (χ4n) is 2.88. The Kier molecular flexibility index (Phi) is 3.88. The van der Waals surface area contributed by atoms with Gasteiger partial charge in [-0.15, -0.1) is 5.10 Å². The number of aryl methyl sites for hydroxylation is 3. The molecule has 130 valence electrons. The van der Waals surface area contributed by atoms with Crippen LogP contribution in [0, 0.1) is 20.8 Å². The summed E-state index contributed by atoms with van der Waals surface area (Å²) in [5, 5.41) is 8.23. The topological polar surface area (TPSA) is 65.6 Å². The third-order valence-corrected chi connectivity index (χ3v) is 4.64. The average Bonchev–Trinajstić information content (AvgIpc) is 3.06. The SMILES string of the molecule is Cc1ccc(Cn2cnc3c(nnn3-c3ccc(C)c(C)c3)c2=O)cc1.